The van der Waals surface area contributed by atoms with E-state index in [-0.39, 0.29) is 11.4 Å². The zero-order valence-electron chi connectivity index (χ0n) is 22.5. The summed E-state index contributed by atoms with van der Waals surface area (Å²) in [6, 6.07) is 13.9. The van der Waals surface area contributed by atoms with Crippen LogP contribution in [-0.2, 0) is 10.2 Å². The van der Waals surface area contributed by atoms with Crippen LogP contribution < -0.4 is 9.47 Å². The Labute approximate surface area is 218 Å². The van der Waals surface area contributed by atoms with Gasteiger partial charge in [0, 0.05) is 12.3 Å². The van der Waals surface area contributed by atoms with Crippen molar-refractivity contribution in [1.29, 1.82) is 0 Å². The molecule has 0 aliphatic heterocycles. The number of hydrogen-bond donors (Lipinski definition) is 0. The molecule has 0 heterocycles. The van der Waals surface area contributed by atoms with Crippen molar-refractivity contribution in [1.82, 2.24) is 0 Å². The third-order valence-corrected chi connectivity index (χ3v) is 9.40. The first-order valence-corrected chi connectivity index (χ1v) is 14.6. The minimum Gasteiger partial charge on any atom is -0.496 e. The van der Waals surface area contributed by atoms with Crippen molar-refractivity contribution in [3.8, 4) is 11.5 Å². The van der Waals surface area contributed by atoms with Gasteiger partial charge in [0.05, 0.1) is 7.11 Å². The molecule has 2 aromatic carbocycles. The van der Waals surface area contributed by atoms with Crippen LogP contribution in [0.1, 0.15) is 137 Å². The Morgan fingerprint density at radius 3 is 1.67 bits per heavy atom. The monoisotopic (exact) mass is 488 g/mol. The van der Waals surface area contributed by atoms with E-state index in [0.717, 1.165) is 11.5 Å². The quantitative estimate of drug-likeness (QED) is 0.301. The average molecular weight is 489 g/mol. The predicted molar refractivity (Wildman–Crippen MR) is 146 cm³/mol. The smallest absolute Gasteiger partial charge is 0.308 e. The minimum atomic E-state index is -0.223. The van der Waals surface area contributed by atoms with E-state index in [1.165, 1.54) is 125 Å². The maximum Gasteiger partial charge on any atom is 0.308 e. The van der Waals surface area contributed by atoms with Gasteiger partial charge >= 0.3 is 5.97 Å². The molecular weight excluding hydrogens is 444 g/mol. The molecule has 5 rings (SSSR count). The summed E-state index contributed by atoms with van der Waals surface area (Å²) in [7, 11) is 1.82. The number of esters is 1. The summed E-state index contributed by atoms with van der Waals surface area (Å²) in [5.41, 5.74) is 5.57. The molecule has 36 heavy (non-hydrogen) atoms. The standard InChI is InChI=1S/C33H44O3/c1-24(34)36-32-19-17-28(23-30(32)26-14-8-4-9-15-26)33(20-10-5-11-21-33)27-16-18-31(35-2)29(22-27)25-12-6-3-7-13-25/h16-19,22-23,25-26H,3-15,20-21H2,1-2H3. The van der Waals surface area contributed by atoms with Gasteiger partial charge in [-0.05, 0) is 84.7 Å². The van der Waals surface area contributed by atoms with Crippen LogP contribution in [0, 0.1) is 0 Å². The molecule has 0 saturated heterocycles. The van der Waals surface area contributed by atoms with Gasteiger partial charge in [0.15, 0.2) is 0 Å². The fourth-order valence-electron chi connectivity index (χ4n) is 7.49. The second-order valence-corrected chi connectivity index (χ2v) is 11.6. The number of carbonyl (C=O) groups excluding carboxylic acids is 1. The Bertz CT molecular complexity index is 1040. The van der Waals surface area contributed by atoms with E-state index in [1.807, 2.05) is 7.11 Å². The van der Waals surface area contributed by atoms with E-state index < -0.39 is 0 Å². The van der Waals surface area contributed by atoms with E-state index in [1.54, 1.807) is 0 Å². The molecule has 3 nitrogen and oxygen atoms in total. The van der Waals surface area contributed by atoms with E-state index >= 15 is 0 Å². The first-order chi connectivity index (χ1) is 17.6. The first kappa shape index (κ1) is 25.4. The summed E-state index contributed by atoms with van der Waals surface area (Å²) < 4.78 is 11.6. The third kappa shape index (κ3) is 5.22. The van der Waals surface area contributed by atoms with Gasteiger partial charge in [0.25, 0.3) is 0 Å². The molecule has 0 atom stereocenters. The summed E-state index contributed by atoms with van der Waals surface area (Å²) in [4.78, 5) is 11.9. The lowest BCUT2D eigenvalue weighted by Crippen LogP contribution is -2.31. The van der Waals surface area contributed by atoms with Gasteiger partial charge < -0.3 is 9.47 Å². The Balaban J connectivity index is 1.59. The van der Waals surface area contributed by atoms with E-state index in [4.69, 9.17) is 9.47 Å². The lowest BCUT2D eigenvalue weighted by Gasteiger charge is -2.40. The van der Waals surface area contributed by atoms with Gasteiger partial charge in [0.2, 0.25) is 0 Å². The molecule has 0 radical (unpaired) electrons. The van der Waals surface area contributed by atoms with Crippen LogP contribution in [0.2, 0.25) is 0 Å². The highest BCUT2D eigenvalue weighted by molar-refractivity contribution is 5.70. The number of benzene rings is 2. The second-order valence-electron chi connectivity index (χ2n) is 11.6. The van der Waals surface area contributed by atoms with Crippen LogP contribution >= 0.6 is 0 Å². The zero-order valence-corrected chi connectivity index (χ0v) is 22.5. The number of methoxy groups -OCH3 is 1. The van der Waals surface area contributed by atoms with Gasteiger partial charge in [-0.2, -0.15) is 0 Å². The molecule has 0 amide bonds. The van der Waals surface area contributed by atoms with Crippen molar-refractivity contribution in [2.45, 2.75) is 120 Å². The number of rotatable bonds is 6. The van der Waals surface area contributed by atoms with E-state index in [9.17, 15) is 4.79 Å². The van der Waals surface area contributed by atoms with Crippen LogP contribution in [0.5, 0.6) is 11.5 Å². The van der Waals surface area contributed by atoms with Gasteiger partial charge in [-0.15, -0.1) is 0 Å². The molecule has 0 bridgehead atoms. The molecule has 3 saturated carbocycles. The maximum absolute atomic E-state index is 11.9. The first-order valence-electron chi connectivity index (χ1n) is 14.6. The number of ether oxygens (including phenoxy) is 2. The number of carbonyl (C=O) groups is 1. The Hall–Kier alpha value is -2.29. The average Bonchev–Trinajstić information content (AvgIpc) is 2.94. The SMILES string of the molecule is COc1ccc(C2(c3ccc(OC(C)=O)c(C4CCCCC4)c3)CCCCC2)cc1C1CCCCC1. The highest BCUT2D eigenvalue weighted by atomic mass is 16.5. The van der Waals surface area contributed by atoms with Crippen LogP contribution in [0.15, 0.2) is 36.4 Å². The summed E-state index contributed by atoms with van der Waals surface area (Å²) >= 11 is 0. The molecule has 0 unspecified atom stereocenters. The third-order valence-electron chi connectivity index (χ3n) is 9.40. The highest BCUT2D eigenvalue weighted by Crippen LogP contribution is 2.49. The summed E-state index contributed by atoms with van der Waals surface area (Å²) in [6.45, 7) is 1.52. The summed E-state index contributed by atoms with van der Waals surface area (Å²) in [6.07, 6.45) is 19.0. The van der Waals surface area contributed by atoms with Crippen molar-refractivity contribution < 1.29 is 14.3 Å². The van der Waals surface area contributed by atoms with Crippen molar-refractivity contribution in [3.05, 3.63) is 58.7 Å². The molecule has 0 N–H and O–H groups in total. The van der Waals surface area contributed by atoms with Crippen LogP contribution in [0.3, 0.4) is 0 Å². The fourth-order valence-corrected chi connectivity index (χ4v) is 7.49. The van der Waals surface area contributed by atoms with Gasteiger partial charge in [-0.1, -0.05) is 82.1 Å². The van der Waals surface area contributed by atoms with Crippen molar-refractivity contribution in [3.63, 3.8) is 0 Å². The Morgan fingerprint density at radius 2 is 1.17 bits per heavy atom. The van der Waals surface area contributed by atoms with E-state index in [0.29, 0.717) is 11.8 Å². The van der Waals surface area contributed by atoms with Gasteiger partial charge in [-0.3, -0.25) is 4.79 Å². The molecule has 3 aliphatic rings. The van der Waals surface area contributed by atoms with Crippen molar-refractivity contribution >= 4 is 5.97 Å². The number of hydrogen-bond acceptors (Lipinski definition) is 3. The van der Waals surface area contributed by atoms with Crippen molar-refractivity contribution in [2.24, 2.45) is 0 Å². The van der Waals surface area contributed by atoms with Crippen molar-refractivity contribution in [2.75, 3.05) is 7.11 Å². The lowest BCUT2D eigenvalue weighted by atomic mass is 9.64. The molecule has 0 aromatic heterocycles. The van der Waals surface area contributed by atoms with Gasteiger partial charge in [0.1, 0.15) is 11.5 Å². The highest BCUT2D eigenvalue weighted by Gasteiger charge is 2.38. The molecular formula is C33H44O3. The maximum atomic E-state index is 11.9. The molecule has 2 aromatic rings. The molecule has 3 fully saturated rings. The summed E-state index contributed by atoms with van der Waals surface area (Å²) in [5.74, 6) is 2.71. The molecule has 194 valence electrons. The van der Waals surface area contributed by atoms with Crippen LogP contribution in [0.25, 0.3) is 0 Å². The van der Waals surface area contributed by atoms with Crippen LogP contribution in [0.4, 0.5) is 0 Å². The Morgan fingerprint density at radius 1 is 0.694 bits per heavy atom. The Kier molecular flexibility index (Phi) is 8.03. The summed E-state index contributed by atoms with van der Waals surface area (Å²) in [5, 5.41) is 0. The lowest BCUT2D eigenvalue weighted by molar-refractivity contribution is -0.131. The minimum absolute atomic E-state index is 0.0199. The molecule has 0 spiro atoms. The molecule has 3 aliphatic carbocycles. The predicted octanol–water partition coefficient (Wildman–Crippen LogP) is 8.97. The van der Waals surface area contributed by atoms with Crippen LogP contribution in [-0.4, -0.2) is 13.1 Å². The normalized spacial score (nSPS) is 21.2. The fraction of sp³-hybridized carbons (Fsp3) is 0.606. The van der Waals surface area contributed by atoms with Gasteiger partial charge in [-0.25, -0.2) is 0 Å². The second kappa shape index (κ2) is 11.4. The largest absolute Gasteiger partial charge is 0.496 e. The van der Waals surface area contributed by atoms with E-state index in [2.05, 4.69) is 36.4 Å². The molecule has 3 heteroatoms. The topological polar surface area (TPSA) is 35.5 Å². The zero-order chi connectivity index (χ0) is 25.0.